The summed E-state index contributed by atoms with van der Waals surface area (Å²) >= 11 is 0. The van der Waals surface area contributed by atoms with Gasteiger partial charge in [-0.2, -0.15) is 0 Å². The van der Waals surface area contributed by atoms with Gasteiger partial charge in [0.1, 0.15) is 24.2 Å². The van der Waals surface area contributed by atoms with Crippen LogP contribution in [0.1, 0.15) is 0 Å². The van der Waals surface area contributed by atoms with Crippen LogP contribution in [0.15, 0.2) is 55.1 Å². The molecule has 0 amide bonds. The summed E-state index contributed by atoms with van der Waals surface area (Å²) in [6, 6.07) is 10.2. The van der Waals surface area contributed by atoms with Crippen molar-refractivity contribution in [1.29, 1.82) is 0 Å². The highest BCUT2D eigenvalue weighted by atomic mass is 19.4. The van der Waals surface area contributed by atoms with E-state index in [0.717, 1.165) is 18.2 Å². The van der Waals surface area contributed by atoms with Crippen LogP contribution in [0, 0.1) is 0 Å². The van der Waals surface area contributed by atoms with Crippen molar-refractivity contribution in [2.75, 3.05) is 0 Å². The molecule has 8 heteroatoms. The van der Waals surface area contributed by atoms with E-state index >= 15 is 0 Å². The lowest BCUT2D eigenvalue weighted by Crippen LogP contribution is -2.17. The highest BCUT2D eigenvalue weighted by molar-refractivity contribution is 5.73. The Hall–Kier alpha value is -3.03. The highest BCUT2D eigenvalue weighted by Crippen LogP contribution is 2.35. The molecule has 23 heavy (non-hydrogen) atoms. The molecule has 0 spiro atoms. The predicted molar refractivity (Wildman–Crippen MR) is 75.1 cm³/mol. The fourth-order valence-electron chi connectivity index (χ4n) is 2.11. The van der Waals surface area contributed by atoms with Gasteiger partial charge in [-0.15, -0.1) is 23.4 Å². The van der Waals surface area contributed by atoms with E-state index in [4.69, 9.17) is 0 Å². The lowest BCUT2D eigenvalue weighted by atomic mass is 10.0. The molecule has 1 heterocycles. The maximum absolute atomic E-state index is 12.3. The monoisotopic (exact) mass is 321 g/mol. The molecular formula is C15H10F3N3O2. The fraction of sp³-hybridized carbons (Fsp3) is 0.0667. The Labute approximate surface area is 128 Å². The van der Waals surface area contributed by atoms with E-state index in [0.29, 0.717) is 11.3 Å². The minimum Gasteiger partial charge on any atom is -0.507 e. The Morgan fingerprint density at radius 1 is 1.00 bits per heavy atom. The van der Waals surface area contributed by atoms with Crippen molar-refractivity contribution >= 4 is 0 Å². The number of aromatic nitrogens is 3. The van der Waals surface area contributed by atoms with Gasteiger partial charge in [-0.3, -0.25) is 4.57 Å². The number of ether oxygens (including phenoxy) is 1. The van der Waals surface area contributed by atoms with E-state index in [1.54, 1.807) is 28.8 Å². The number of hydrogen-bond acceptors (Lipinski definition) is 4. The molecule has 1 aromatic heterocycles. The molecule has 0 aliphatic heterocycles. The first-order valence-corrected chi connectivity index (χ1v) is 6.46. The van der Waals surface area contributed by atoms with Crippen LogP contribution in [0.25, 0.3) is 16.8 Å². The van der Waals surface area contributed by atoms with E-state index in [1.165, 1.54) is 12.7 Å². The number of nitrogens with zero attached hydrogens (tertiary/aromatic N) is 3. The molecule has 118 valence electrons. The van der Waals surface area contributed by atoms with Gasteiger partial charge in [0.15, 0.2) is 0 Å². The number of phenols is 1. The Morgan fingerprint density at radius 2 is 1.74 bits per heavy atom. The second kappa shape index (κ2) is 5.64. The van der Waals surface area contributed by atoms with E-state index in [9.17, 15) is 18.3 Å². The highest BCUT2D eigenvalue weighted by Gasteiger charge is 2.31. The van der Waals surface area contributed by atoms with Crippen molar-refractivity contribution < 1.29 is 23.0 Å². The molecule has 2 aromatic carbocycles. The molecule has 3 rings (SSSR count). The molecule has 0 fully saturated rings. The Morgan fingerprint density at radius 3 is 2.43 bits per heavy atom. The molecular weight excluding hydrogens is 311 g/mol. The summed E-state index contributed by atoms with van der Waals surface area (Å²) in [6.45, 7) is 0. The summed E-state index contributed by atoms with van der Waals surface area (Å²) in [5, 5.41) is 17.3. The third-order valence-corrected chi connectivity index (χ3v) is 3.08. The average molecular weight is 321 g/mol. The van der Waals surface area contributed by atoms with Gasteiger partial charge in [0.05, 0.1) is 0 Å². The maximum atomic E-state index is 12.3. The van der Waals surface area contributed by atoms with Gasteiger partial charge >= 0.3 is 6.36 Å². The summed E-state index contributed by atoms with van der Waals surface area (Å²) in [5.74, 6) is -0.555. The summed E-state index contributed by atoms with van der Waals surface area (Å²) in [6.07, 6.45) is -1.82. The van der Waals surface area contributed by atoms with Crippen LogP contribution in [0.4, 0.5) is 13.2 Å². The molecule has 0 saturated carbocycles. The Kier molecular flexibility index (Phi) is 3.65. The number of aromatic hydroxyl groups is 1. The molecule has 0 aliphatic rings. The van der Waals surface area contributed by atoms with Crippen LogP contribution in [-0.4, -0.2) is 26.2 Å². The second-order valence-electron chi connectivity index (χ2n) is 4.65. The van der Waals surface area contributed by atoms with Crippen LogP contribution < -0.4 is 4.74 Å². The van der Waals surface area contributed by atoms with Crippen molar-refractivity contribution in [2.45, 2.75) is 6.36 Å². The number of benzene rings is 2. The zero-order valence-electron chi connectivity index (χ0n) is 11.5. The quantitative estimate of drug-likeness (QED) is 0.801. The smallest absolute Gasteiger partial charge is 0.507 e. The van der Waals surface area contributed by atoms with Crippen molar-refractivity contribution in [1.82, 2.24) is 14.8 Å². The standard InChI is InChI=1S/C15H10F3N3O2/c16-15(17,18)23-12-4-5-14(22)13(7-12)10-2-1-3-11(6-10)21-8-19-20-9-21/h1-9,22H. The summed E-state index contributed by atoms with van der Waals surface area (Å²) in [7, 11) is 0. The first-order chi connectivity index (χ1) is 10.9. The molecule has 0 bridgehead atoms. The summed E-state index contributed by atoms with van der Waals surface area (Å²) < 4.78 is 42.5. The fourth-order valence-corrected chi connectivity index (χ4v) is 2.11. The minimum atomic E-state index is -4.79. The molecule has 0 saturated heterocycles. The number of halogens is 3. The van der Waals surface area contributed by atoms with Gasteiger partial charge < -0.3 is 9.84 Å². The van der Waals surface area contributed by atoms with Gasteiger partial charge in [0.2, 0.25) is 0 Å². The molecule has 0 unspecified atom stereocenters. The summed E-state index contributed by atoms with van der Waals surface area (Å²) in [5.41, 5.74) is 1.46. The lowest BCUT2D eigenvalue weighted by Gasteiger charge is -2.12. The van der Waals surface area contributed by atoms with Crippen LogP contribution >= 0.6 is 0 Å². The first-order valence-electron chi connectivity index (χ1n) is 6.46. The lowest BCUT2D eigenvalue weighted by molar-refractivity contribution is -0.274. The number of hydrogen-bond donors (Lipinski definition) is 1. The van der Waals surface area contributed by atoms with Crippen LogP contribution in [-0.2, 0) is 0 Å². The van der Waals surface area contributed by atoms with E-state index in [2.05, 4.69) is 14.9 Å². The van der Waals surface area contributed by atoms with Gasteiger partial charge in [0, 0.05) is 11.3 Å². The topological polar surface area (TPSA) is 60.2 Å². The van der Waals surface area contributed by atoms with Crippen molar-refractivity contribution in [3.05, 3.63) is 55.1 Å². The van der Waals surface area contributed by atoms with Crippen LogP contribution in [0.5, 0.6) is 11.5 Å². The van der Waals surface area contributed by atoms with Gasteiger partial charge in [-0.25, -0.2) is 0 Å². The Balaban J connectivity index is 2.01. The SMILES string of the molecule is Oc1ccc(OC(F)(F)F)cc1-c1cccc(-n2cnnc2)c1. The Bertz CT molecular complexity index is 817. The van der Waals surface area contributed by atoms with E-state index < -0.39 is 12.1 Å². The number of alkyl halides is 3. The maximum Gasteiger partial charge on any atom is 0.573 e. The third-order valence-electron chi connectivity index (χ3n) is 3.08. The normalized spacial score (nSPS) is 11.4. The largest absolute Gasteiger partial charge is 0.573 e. The molecule has 1 N–H and O–H groups in total. The van der Waals surface area contributed by atoms with Gasteiger partial charge in [0.25, 0.3) is 0 Å². The first kappa shape index (κ1) is 14.9. The average Bonchev–Trinajstić information content (AvgIpc) is 3.02. The zero-order chi connectivity index (χ0) is 16.4. The van der Waals surface area contributed by atoms with E-state index in [-0.39, 0.29) is 11.3 Å². The zero-order valence-corrected chi connectivity index (χ0v) is 11.5. The van der Waals surface area contributed by atoms with Crippen molar-refractivity contribution in [2.24, 2.45) is 0 Å². The molecule has 3 aromatic rings. The molecule has 0 atom stereocenters. The van der Waals surface area contributed by atoms with Gasteiger partial charge in [-0.1, -0.05) is 12.1 Å². The van der Waals surface area contributed by atoms with Gasteiger partial charge in [-0.05, 0) is 35.9 Å². The van der Waals surface area contributed by atoms with Crippen LogP contribution in [0.3, 0.4) is 0 Å². The number of phenolic OH excluding ortho intramolecular Hbond substituents is 1. The number of rotatable bonds is 3. The molecule has 0 radical (unpaired) electrons. The van der Waals surface area contributed by atoms with E-state index in [1.807, 2.05) is 0 Å². The molecule has 5 nitrogen and oxygen atoms in total. The predicted octanol–water partition coefficient (Wildman–Crippen LogP) is 3.54. The van der Waals surface area contributed by atoms with Crippen molar-refractivity contribution in [3.63, 3.8) is 0 Å². The third kappa shape index (κ3) is 3.42. The minimum absolute atomic E-state index is 0.152. The van der Waals surface area contributed by atoms with Crippen molar-refractivity contribution in [3.8, 4) is 28.3 Å². The molecule has 0 aliphatic carbocycles. The second-order valence-corrected chi connectivity index (χ2v) is 4.65. The summed E-state index contributed by atoms with van der Waals surface area (Å²) in [4.78, 5) is 0. The van der Waals surface area contributed by atoms with Crippen LogP contribution in [0.2, 0.25) is 0 Å².